The lowest BCUT2D eigenvalue weighted by molar-refractivity contribution is 0.402. The van der Waals surface area contributed by atoms with Crippen molar-refractivity contribution in [2.24, 2.45) is 0 Å². The summed E-state index contributed by atoms with van der Waals surface area (Å²) >= 11 is 0. The van der Waals surface area contributed by atoms with Crippen LogP contribution in [-0.2, 0) is 16.4 Å². The molecule has 0 spiro atoms. The van der Waals surface area contributed by atoms with Crippen molar-refractivity contribution in [3.63, 3.8) is 0 Å². The molecule has 0 aliphatic rings. The lowest BCUT2D eigenvalue weighted by Crippen LogP contribution is -2.15. The maximum absolute atomic E-state index is 12.5. The number of anilines is 1. The quantitative estimate of drug-likeness (QED) is 0.884. The van der Waals surface area contributed by atoms with Gasteiger partial charge in [-0.05, 0) is 31.0 Å². The van der Waals surface area contributed by atoms with E-state index < -0.39 is 10.0 Å². The molecule has 0 saturated heterocycles. The smallest absolute Gasteiger partial charge is 0.266 e. The monoisotopic (exact) mass is 295 g/mol. The highest BCUT2D eigenvalue weighted by molar-refractivity contribution is 7.92. The first kappa shape index (κ1) is 14.4. The molecule has 2 N–H and O–H groups in total. The van der Waals surface area contributed by atoms with Crippen molar-refractivity contribution in [2.45, 2.75) is 25.2 Å². The zero-order valence-corrected chi connectivity index (χ0v) is 12.4. The average Bonchev–Trinajstić information content (AvgIpc) is 2.85. The number of benzene rings is 1. The SMILES string of the molecule is CCc1cn[nH]c1NS(=O)(=O)c1cc(C)ccc1OC. The summed E-state index contributed by atoms with van der Waals surface area (Å²) in [7, 11) is -2.29. The summed E-state index contributed by atoms with van der Waals surface area (Å²) in [6.45, 7) is 3.75. The number of H-pyrrole nitrogens is 1. The highest BCUT2D eigenvalue weighted by Gasteiger charge is 2.21. The van der Waals surface area contributed by atoms with Gasteiger partial charge in [-0.1, -0.05) is 13.0 Å². The number of aryl methyl sites for hydroxylation is 2. The number of aromatic amines is 1. The molecule has 0 aliphatic heterocycles. The molecule has 0 fully saturated rings. The number of ether oxygens (including phenoxy) is 1. The molecule has 0 saturated carbocycles. The lowest BCUT2D eigenvalue weighted by atomic mass is 10.2. The second-order valence-corrected chi connectivity index (χ2v) is 6.03. The van der Waals surface area contributed by atoms with Crippen LogP contribution in [0, 0.1) is 6.92 Å². The molecule has 2 aromatic rings. The van der Waals surface area contributed by atoms with Gasteiger partial charge in [0, 0.05) is 5.56 Å². The van der Waals surface area contributed by atoms with Gasteiger partial charge >= 0.3 is 0 Å². The molecular formula is C13H17N3O3S. The first-order valence-corrected chi connectivity index (χ1v) is 7.66. The average molecular weight is 295 g/mol. The van der Waals surface area contributed by atoms with Crippen LogP contribution in [0.1, 0.15) is 18.1 Å². The zero-order chi connectivity index (χ0) is 14.8. The molecule has 0 radical (unpaired) electrons. The largest absolute Gasteiger partial charge is 0.495 e. The van der Waals surface area contributed by atoms with Gasteiger partial charge in [0.15, 0.2) is 0 Å². The molecule has 108 valence electrons. The van der Waals surface area contributed by atoms with Crippen molar-refractivity contribution in [3.05, 3.63) is 35.5 Å². The molecule has 20 heavy (non-hydrogen) atoms. The number of nitrogens with one attached hydrogen (secondary N) is 2. The van der Waals surface area contributed by atoms with Crippen LogP contribution < -0.4 is 9.46 Å². The Balaban J connectivity index is 2.43. The van der Waals surface area contributed by atoms with Crippen LogP contribution in [0.5, 0.6) is 5.75 Å². The summed E-state index contributed by atoms with van der Waals surface area (Å²) in [6.07, 6.45) is 2.28. The second-order valence-electron chi connectivity index (χ2n) is 4.38. The fraction of sp³-hybridized carbons (Fsp3) is 0.308. The number of sulfonamides is 1. The molecule has 0 atom stereocenters. The highest BCUT2D eigenvalue weighted by Crippen LogP contribution is 2.27. The first-order chi connectivity index (χ1) is 9.47. The minimum absolute atomic E-state index is 0.108. The highest BCUT2D eigenvalue weighted by atomic mass is 32.2. The summed E-state index contributed by atoms with van der Waals surface area (Å²) in [5, 5.41) is 6.50. The number of hydrogen-bond donors (Lipinski definition) is 2. The molecule has 0 unspecified atom stereocenters. The van der Waals surface area contributed by atoms with Crippen molar-refractivity contribution in [1.29, 1.82) is 0 Å². The molecule has 6 nitrogen and oxygen atoms in total. The Labute approximate surface area is 118 Å². The Bertz CT molecular complexity index is 707. The van der Waals surface area contributed by atoms with E-state index in [9.17, 15) is 8.42 Å². The van der Waals surface area contributed by atoms with Gasteiger partial charge in [0.1, 0.15) is 16.5 Å². The Kier molecular flexibility index (Phi) is 3.99. The van der Waals surface area contributed by atoms with Crippen LogP contribution in [0.3, 0.4) is 0 Å². The molecule has 2 rings (SSSR count). The Hall–Kier alpha value is -2.02. The minimum atomic E-state index is -3.73. The summed E-state index contributed by atoms with van der Waals surface area (Å²) in [6, 6.07) is 5.01. The Morgan fingerprint density at radius 3 is 2.80 bits per heavy atom. The Morgan fingerprint density at radius 2 is 2.15 bits per heavy atom. The van der Waals surface area contributed by atoms with Crippen molar-refractivity contribution in [2.75, 3.05) is 11.8 Å². The van der Waals surface area contributed by atoms with Gasteiger partial charge in [-0.3, -0.25) is 9.82 Å². The zero-order valence-electron chi connectivity index (χ0n) is 11.6. The summed E-state index contributed by atoms with van der Waals surface area (Å²) < 4.78 is 32.5. The van der Waals surface area contributed by atoms with E-state index in [2.05, 4.69) is 14.9 Å². The van der Waals surface area contributed by atoms with Crippen LogP contribution in [0.4, 0.5) is 5.82 Å². The fourth-order valence-corrected chi connectivity index (χ4v) is 3.16. The van der Waals surface area contributed by atoms with E-state index in [0.717, 1.165) is 11.1 Å². The summed E-state index contributed by atoms with van der Waals surface area (Å²) in [4.78, 5) is 0.108. The van der Waals surface area contributed by atoms with Crippen LogP contribution in [-0.4, -0.2) is 25.7 Å². The topological polar surface area (TPSA) is 84.1 Å². The maximum Gasteiger partial charge on any atom is 0.266 e. The van der Waals surface area contributed by atoms with Gasteiger partial charge in [-0.25, -0.2) is 8.42 Å². The second kappa shape index (κ2) is 5.54. The van der Waals surface area contributed by atoms with E-state index in [0.29, 0.717) is 18.0 Å². The molecule has 0 aliphatic carbocycles. The van der Waals surface area contributed by atoms with Crippen molar-refractivity contribution in [3.8, 4) is 5.75 Å². The van der Waals surface area contributed by atoms with Gasteiger partial charge in [0.2, 0.25) is 0 Å². The van der Waals surface area contributed by atoms with Crippen LogP contribution >= 0.6 is 0 Å². The van der Waals surface area contributed by atoms with Gasteiger partial charge in [-0.15, -0.1) is 0 Å². The van der Waals surface area contributed by atoms with Crippen molar-refractivity contribution < 1.29 is 13.2 Å². The van der Waals surface area contributed by atoms with Crippen molar-refractivity contribution >= 4 is 15.8 Å². The molecule has 0 amide bonds. The lowest BCUT2D eigenvalue weighted by Gasteiger charge is -2.12. The fourth-order valence-electron chi connectivity index (χ4n) is 1.85. The van der Waals surface area contributed by atoms with Gasteiger partial charge in [-0.2, -0.15) is 5.10 Å². The van der Waals surface area contributed by atoms with E-state index in [1.165, 1.54) is 7.11 Å². The molecule has 1 aromatic carbocycles. The number of methoxy groups -OCH3 is 1. The van der Waals surface area contributed by atoms with E-state index >= 15 is 0 Å². The number of aromatic nitrogens is 2. The normalized spacial score (nSPS) is 11.3. The van der Waals surface area contributed by atoms with Crippen LogP contribution in [0.15, 0.2) is 29.3 Å². The number of rotatable bonds is 5. The number of nitrogens with zero attached hydrogens (tertiary/aromatic N) is 1. The molecule has 7 heteroatoms. The van der Waals surface area contributed by atoms with E-state index in [1.807, 2.05) is 13.8 Å². The van der Waals surface area contributed by atoms with E-state index in [1.54, 1.807) is 24.4 Å². The maximum atomic E-state index is 12.5. The minimum Gasteiger partial charge on any atom is -0.495 e. The van der Waals surface area contributed by atoms with Crippen LogP contribution in [0.2, 0.25) is 0 Å². The van der Waals surface area contributed by atoms with E-state index in [4.69, 9.17) is 4.74 Å². The predicted molar refractivity (Wildman–Crippen MR) is 76.5 cm³/mol. The van der Waals surface area contributed by atoms with Crippen molar-refractivity contribution in [1.82, 2.24) is 10.2 Å². The van der Waals surface area contributed by atoms with Gasteiger partial charge in [0.25, 0.3) is 10.0 Å². The molecule has 1 heterocycles. The first-order valence-electron chi connectivity index (χ1n) is 6.17. The van der Waals surface area contributed by atoms with E-state index in [-0.39, 0.29) is 4.90 Å². The molecule has 0 bridgehead atoms. The molecule has 1 aromatic heterocycles. The van der Waals surface area contributed by atoms with Gasteiger partial charge in [0.05, 0.1) is 13.3 Å². The van der Waals surface area contributed by atoms with Crippen LogP contribution in [0.25, 0.3) is 0 Å². The Morgan fingerprint density at radius 1 is 1.40 bits per heavy atom. The number of hydrogen-bond acceptors (Lipinski definition) is 4. The summed E-state index contributed by atoms with van der Waals surface area (Å²) in [5.74, 6) is 0.691. The standard InChI is InChI=1S/C13H17N3O3S/c1-4-10-8-14-15-13(10)16-20(17,18)12-7-9(2)5-6-11(12)19-3/h5-8H,4H2,1-3H3,(H2,14,15,16). The molecular weight excluding hydrogens is 278 g/mol. The summed E-state index contributed by atoms with van der Waals surface area (Å²) in [5.41, 5.74) is 1.65. The third-order valence-electron chi connectivity index (χ3n) is 2.94. The third-order valence-corrected chi connectivity index (χ3v) is 4.31. The van der Waals surface area contributed by atoms with Gasteiger partial charge < -0.3 is 4.74 Å². The third kappa shape index (κ3) is 2.77. The predicted octanol–water partition coefficient (Wildman–Crippen LogP) is 2.09.